The number of pyridine rings is 1. The predicted molar refractivity (Wildman–Crippen MR) is 79.3 cm³/mol. The highest BCUT2D eigenvalue weighted by atomic mass is 79.9. The Bertz CT molecular complexity index is 538. The molecule has 0 aliphatic rings. The van der Waals surface area contributed by atoms with Crippen LogP contribution < -0.4 is 10.0 Å². The van der Waals surface area contributed by atoms with Crippen molar-refractivity contribution in [1.82, 2.24) is 9.71 Å². The maximum absolute atomic E-state index is 12.3. The Morgan fingerprint density at radius 3 is 2.70 bits per heavy atom. The minimum atomic E-state index is -3.69. The second kappa shape index (κ2) is 7.89. The largest absolute Gasteiger partial charge is 0.382 e. The minimum Gasteiger partial charge on any atom is -0.382 e. The molecule has 0 spiro atoms. The predicted octanol–water partition coefficient (Wildman–Crippen LogP) is 0.825. The van der Waals surface area contributed by atoms with Crippen molar-refractivity contribution >= 4 is 31.8 Å². The molecule has 0 saturated heterocycles. The van der Waals surface area contributed by atoms with Gasteiger partial charge in [0.25, 0.3) is 0 Å². The molecule has 0 bridgehead atoms. The van der Waals surface area contributed by atoms with Crippen molar-refractivity contribution in [2.45, 2.75) is 11.0 Å². The van der Waals surface area contributed by atoms with E-state index in [0.717, 1.165) is 0 Å². The molecule has 1 unspecified atom stereocenters. The Balaban J connectivity index is 2.91. The zero-order valence-corrected chi connectivity index (χ0v) is 13.9. The number of hydrogen-bond donors (Lipinski definition) is 2. The average molecular weight is 368 g/mol. The lowest BCUT2D eigenvalue weighted by Crippen LogP contribution is -2.35. The van der Waals surface area contributed by atoms with Crippen molar-refractivity contribution in [1.29, 1.82) is 0 Å². The second-order valence-corrected chi connectivity index (χ2v) is 6.57. The number of nitrogens with zero attached hydrogens (tertiary/aromatic N) is 1. The van der Waals surface area contributed by atoms with Crippen LogP contribution in [0.5, 0.6) is 0 Å². The van der Waals surface area contributed by atoms with Gasteiger partial charge < -0.3 is 14.8 Å². The number of hydrogen-bond acceptors (Lipinski definition) is 6. The highest BCUT2D eigenvalue weighted by molar-refractivity contribution is 9.10. The Hall–Kier alpha value is -0.740. The first kappa shape index (κ1) is 17.3. The van der Waals surface area contributed by atoms with Gasteiger partial charge in [-0.05, 0) is 22.0 Å². The summed E-state index contributed by atoms with van der Waals surface area (Å²) in [5, 5.41) is 2.75. The fourth-order valence-corrected chi connectivity index (χ4v) is 3.22. The summed E-state index contributed by atoms with van der Waals surface area (Å²) in [5.74, 6) is 0.279. The van der Waals surface area contributed by atoms with Crippen molar-refractivity contribution in [2.24, 2.45) is 0 Å². The van der Waals surface area contributed by atoms with Gasteiger partial charge in [-0.25, -0.2) is 18.1 Å². The van der Waals surface area contributed by atoms with E-state index in [2.05, 4.69) is 31.0 Å². The number of sulfonamides is 1. The van der Waals surface area contributed by atoms with Crippen LogP contribution in [0.25, 0.3) is 0 Å². The van der Waals surface area contributed by atoms with E-state index >= 15 is 0 Å². The third-order valence-electron chi connectivity index (χ3n) is 2.53. The highest BCUT2D eigenvalue weighted by Gasteiger charge is 2.21. The van der Waals surface area contributed by atoms with Gasteiger partial charge in [-0.1, -0.05) is 0 Å². The molecule has 0 saturated carbocycles. The van der Waals surface area contributed by atoms with Gasteiger partial charge in [0.1, 0.15) is 10.7 Å². The topological polar surface area (TPSA) is 89.6 Å². The van der Waals surface area contributed by atoms with Crippen LogP contribution >= 0.6 is 15.9 Å². The zero-order chi connectivity index (χ0) is 15.2. The van der Waals surface area contributed by atoms with Gasteiger partial charge in [0, 0.05) is 38.5 Å². The zero-order valence-electron chi connectivity index (χ0n) is 11.5. The van der Waals surface area contributed by atoms with Crippen LogP contribution in [0.15, 0.2) is 21.6 Å². The number of rotatable bonds is 8. The van der Waals surface area contributed by atoms with Crippen molar-refractivity contribution in [2.75, 3.05) is 39.7 Å². The monoisotopic (exact) mass is 367 g/mol. The van der Waals surface area contributed by atoms with Gasteiger partial charge >= 0.3 is 0 Å². The fraction of sp³-hybridized carbons (Fsp3) is 0.545. The molecule has 1 aromatic rings. The van der Waals surface area contributed by atoms with Gasteiger partial charge in [-0.2, -0.15) is 0 Å². The number of anilines is 1. The molecular formula is C11H18BrN3O4S. The summed E-state index contributed by atoms with van der Waals surface area (Å²) in [7, 11) is 0.943. The molecule has 1 rings (SSSR count). The number of aromatic nitrogens is 1. The Morgan fingerprint density at radius 1 is 1.45 bits per heavy atom. The van der Waals surface area contributed by atoms with E-state index in [9.17, 15) is 8.42 Å². The number of ether oxygens (including phenoxy) is 2. The minimum absolute atomic E-state index is 0.0710. The Kier molecular flexibility index (Phi) is 6.83. The molecule has 20 heavy (non-hydrogen) atoms. The first-order valence-corrected chi connectivity index (χ1v) is 8.07. The summed E-state index contributed by atoms with van der Waals surface area (Å²) in [5.41, 5.74) is 0. The number of methoxy groups -OCH3 is 2. The third kappa shape index (κ3) is 4.67. The summed E-state index contributed by atoms with van der Waals surface area (Å²) < 4.78 is 37.7. The van der Waals surface area contributed by atoms with Gasteiger partial charge in [0.05, 0.1) is 12.7 Å². The molecule has 0 amide bonds. The molecule has 7 nitrogen and oxygen atoms in total. The van der Waals surface area contributed by atoms with Crippen molar-refractivity contribution in [3.63, 3.8) is 0 Å². The molecule has 0 aliphatic carbocycles. The summed E-state index contributed by atoms with van der Waals surface area (Å²) in [6, 6.07) is 1.49. The van der Waals surface area contributed by atoms with E-state index < -0.39 is 10.0 Å². The van der Waals surface area contributed by atoms with Crippen LogP contribution in [-0.2, 0) is 19.5 Å². The normalized spacial score (nSPS) is 13.2. The first-order valence-electron chi connectivity index (χ1n) is 5.79. The van der Waals surface area contributed by atoms with Crippen molar-refractivity contribution < 1.29 is 17.9 Å². The maximum atomic E-state index is 12.3. The first-order chi connectivity index (χ1) is 9.44. The van der Waals surface area contributed by atoms with E-state index in [1.54, 1.807) is 7.05 Å². The second-order valence-electron chi connectivity index (χ2n) is 3.92. The summed E-state index contributed by atoms with van der Waals surface area (Å²) in [4.78, 5) is 4.08. The molecule has 1 aromatic heterocycles. The summed E-state index contributed by atoms with van der Waals surface area (Å²) >= 11 is 3.21. The molecule has 2 N–H and O–H groups in total. The third-order valence-corrected chi connectivity index (χ3v) is 4.40. The van der Waals surface area contributed by atoms with Crippen LogP contribution in [0.4, 0.5) is 5.82 Å². The van der Waals surface area contributed by atoms with Crippen molar-refractivity contribution in [3.8, 4) is 0 Å². The summed E-state index contributed by atoms with van der Waals surface area (Å²) in [6.45, 7) is 0.414. The molecular weight excluding hydrogens is 350 g/mol. The van der Waals surface area contributed by atoms with Gasteiger partial charge in [0.2, 0.25) is 10.0 Å². The highest BCUT2D eigenvalue weighted by Crippen LogP contribution is 2.22. The SMILES string of the molecule is CNc1ncc(Br)cc1S(=O)(=O)NCC(COC)OC. The number of nitrogens with one attached hydrogen (secondary N) is 2. The lowest BCUT2D eigenvalue weighted by Gasteiger charge is -2.16. The lowest BCUT2D eigenvalue weighted by atomic mass is 10.4. The number of halogens is 1. The van der Waals surface area contributed by atoms with E-state index in [0.29, 0.717) is 11.1 Å². The molecule has 1 heterocycles. The molecule has 0 fully saturated rings. The summed E-state index contributed by atoms with van der Waals surface area (Å²) in [6.07, 6.45) is 1.17. The lowest BCUT2D eigenvalue weighted by molar-refractivity contribution is 0.0320. The van der Waals surface area contributed by atoms with Crippen LogP contribution in [0, 0.1) is 0 Å². The van der Waals surface area contributed by atoms with Crippen LogP contribution in [0.2, 0.25) is 0 Å². The van der Waals surface area contributed by atoms with Crippen LogP contribution in [0.3, 0.4) is 0 Å². The van der Waals surface area contributed by atoms with Crippen LogP contribution in [0.1, 0.15) is 0 Å². The molecule has 114 valence electrons. The smallest absolute Gasteiger partial charge is 0.244 e. The molecule has 0 aliphatic heterocycles. The Morgan fingerprint density at radius 2 is 2.15 bits per heavy atom. The fourth-order valence-electron chi connectivity index (χ4n) is 1.49. The maximum Gasteiger partial charge on any atom is 0.244 e. The van der Waals surface area contributed by atoms with E-state index in [-0.39, 0.29) is 23.4 Å². The quantitative estimate of drug-likeness (QED) is 0.707. The van der Waals surface area contributed by atoms with E-state index in [1.165, 1.54) is 26.5 Å². The molecule has 0 aromatic carbocycles. The molecule has 0 radical (unpaired) electrons. The van der Waals surface area contributed by atoms with E-state index in [1.807, 2.05) is 0 Å². The van der Waals surface area contributed by atoms with E-state index in [4.69, 9.17) is 9.47 Å². The van der Waals surface area contributed by atoms with Gasteiger partial charge in [-0.15, -0.1) is 0 Å². The van der Waals surface area contributed by atoms with Gasteiger partial charge in [0.15, 0.2) is 0 Å². The standard InChI is InChI=1S/C11H18BrN3O4S/c1-13-11-10(4-8(12)5-14-11)20(16,17)15-6-9(19-3)7-18-2/h4-5,9,15H,6-7H2,1-3H3,(H,13,14). The Labute approximate surface area is 127 Å². The molecule has 1 atom stereocenters. The average Bonchev–Trinajstić information content (AvgIpc) is 2.43. The van der Waals surface area contributed by atoms with Crippen molar-refractivity contribution in [3.05, 3.63) is 16.7 Å². The van der Waals surface area contributed by atoms with Gasteiger partial charge in [-0.3, -0.25) is 0 Å². The molecule has 9 heteroatoms. The van der Waals surface area contributed by atoms with Crippen LogP contribution in [-0.4, -0.2) is 53.9 Å².